The van der Waals surface area contributed by atoms with E-state index in [1.807, 2.05) is 56.6 Å². The minimum absolute atomic E-state index is 0.0745. The molecule has 8 heteroatoms. The molecular weight excluding hydrogens is 562 g/mol. The van der Waals surface area contributed by atoms with Gasteiger partial charge in [0.05, 0.1) is 24.1 Å². The van der Waals surface area contributed by atoms with Crippen LogP contribution in [0, 0.1) is 5.92 Å². The van der Waals surface area contributed by atoms with Gasteiger partial charge in [-0.25, -0.2) is 4.98 Å². The van der Waals surface area contributed by atoms with Crippen molar-refractivity contribution < 1.29 is 14.6 Å². The molecule has 3 N–H and O–H groups in total. The first kappa shape index (κ1) is 33.7. The zero-order valence-electron chi connectivity index (χ0n) is 27.3. The van der Waals surface area contributed by atoms with Gasteiger partial charge in [-0.15, -0.1) is 0 Å². The fraction of sp³-hybridized carbons (Fsp3) is 0.432. The number of carbonyl (C=O) groups excluding carboxylic acids is 1. The SMILES string of the molecule is CC.CCCCn1c(-c2ccncc2)nc(-c2ccc(OC)cc2)c1CN(Cc1ccc(C(N)=O)c(O)c1)CC1CCCCC1. The van der Waals surface area contributed by atoms with Crippen molar-refractivity contribution in [3.05, 3.63) is 83.8 Å². The number of aromatic nitrogens is 3. The quantitative estimate of drug-likeness (QED) is 0.160. The number of rotatable bonds is 13. The monoisotopic (exact) mass is 611 g/mol. The second-order valence-corrected chi connectivity index (χ2v) is 11.6. The van der Waals surface area contributed by atoms with Crippen LogP contribution in [0.15, 0.2) is 67.0 Å². The van der Waals surface area contributed by atoms with Gasteiger partial charge in [0.25, 0.3) is 5.91 Å². The number of methoxy groups -OCH3 is 1. The Bertz CT molecular complexity index is 1490. The van der Waals surface area contributed by atoms with E-state index in [-0.39, 0.29) is 11.3 Å². The highest BCUT2D eigenvalue weighted by Crippen LogP contribution is 2.33. The normalized spacial score (nSPS) is 13.4. The molecule has 8 nitrogen and oxygen atoms in total. The van der Waals surface area contributed by atoms with Gasteiger partial charge in [0.2, 0.25) is 0 Å². The third-order valence-corrected chi connectivity index (χ3v) is 8.46. The number of benzene rings is 2. The van der Waals surface area contributed by atoms with E-state index >= 15 is 0 Å². The molecule has 2 heterocycles. The Balaban J connectivity index is 0.00000226. The van der Waals surface area contributed by atoms with Gasteiger partial charge in [0.1, 0.15) is 17.3 Å². The van der Waals surface area contributed by atoms with Crippen LogP contribution in [-0.4, -0.2) is 44.1 Å². The molecule has 0 bridgehead atoms. The first-order valence-corrected chi connectivity index (χ1v) is 16.4. The zero-order chi connectivity index (χ0) is 32.2. The third kappa shape index (κ3) is 8.72. The van der Waals surface area contributed by atoms with E-state index in [1.54, 1.807) is 19.2 Å². The molecule has 5 rings (SSSR count). The van der Waals surface area contributed by atoms with Gasteiger partial charge < -0.3 is 20.1 Å². The highest BCUT2D eigenvalue weighted by atomic mass is 16.5. The van der Waals surface area contributed by atoms with Crippen molar-refractivity contribution in [1.29, 1.82) is 0 Å². The Kier molecular flexibility index (Phi) is 12.6. The van der Waals surface area contributed by atoms with Gasteiger partial charge in [-0.3, -0.25) is 14.7 Å². The second-order valence-electron chi connectivity index (χ2n) is 11.6. The molecule has 1 fully saturated rings. The maximum absolute atomic E-state index is 11.7. The fourth-order valence-corrected chi connectivity index (χ4v) is 6.18. The molecule has 1 aliphatic carbocycles. The molecule has 0 atom stereocenters. The average Bonchev–Trinajstić information content (AvgIpc) is 3.43. The molecule has 1 saturated carbocycles. The van der Waals surface area contributed by atoms with Gasteiger partial charge in [0, 0.05) is 49.7 Å². The predicted octanol–water partition coefficient (Wildman–Crippen LogP) is 7.83. The predicted molar refractivity (Wildman–Crippen MR) is 181 cm³/mol. The summed E-state index contributed by atoms with van der Waals surface area (Å²) in [7, 11) is 1.68. The smallest absolute Gasteiger partial charge is 0.252 e. The van der Waals surface area contributed by atoms with Crippen molar-refractivity contribution in [1.82, 2.24) is 19.4 Å². The van der Waals surface area contributed by atoms with Gasteiger partial charge in [-0.1, -0.05) is 52.5 Å². The maximum Gasteiger partial charge on any atom is 0.252 e. The standard InChI is InChI=1S/C35H43N5O3.C2H6/c1-3-4-20-40-31(33(27-11-13-29(43-2)14-12-27)38-35(40)28-16-18-37-19-17-28)24-39(22-25-8-6-5-7-9-25)23-26-10-15-30(34(36)42)32(41)21-26;1-2/h10-19,21,25,41H,3-9,20,22-24H2,1-2H3,(H2,36,42);1-2H3. The van der Waals surface area contributed by atoms with Gasteiger partial charge in [-0.2, -0.15) is 0 Å². The number of nitrogens with two attached hydrogens (primary N) is 1. The summed E-state index contributed by atoms with van der Waals surface area (Å²) in [6.07, 6.45) is 12.0. The number of pyridine rings is 1. The second kappa shape index (κ2) is 16.8. The van der Waals surface area contributed by atoms with Crippen LogP contribution in [0.3, 0.4) is 0 Å². The molecule has 2 aromatic heterocycles. The van der Waals surface area contributed by atoms with Crippen LogP contribution in [0.4, 0.5) is 0 Å². The molecule has 0 radical (unpaired) electrons. The molecule has 0 spiro atoms. The van der Waals surface area contributed by atoms with Crippen LogP contribution in [0.2, 0.25) is 0 Å². The lowest BCUT2D eigenvalue weighted by Crippen LogP contribution is -2.31. The summed E-state index contributed by atoms with van der Waals surface area (Å²) in [6, 6.07) is 17.4. The first-order chi connectivity index (χ1) is 22.0. The van der Waals surface area contributed by atoms with Gasteiger partial charge in [-0.05, 0) is 79.3 Å². The molecule has 1 aliphatic rings. The molecular formula is C37H49N5O3. The van der Waals surface area contributed by atoms with E-state index in [9.17, 15) is 9.90 Å². The summed E-state index contributed by atoms with van der Waals surface area (Å²) >= 11 is 0. The van der Waals surface area contributed by atoms with E-state index in [2.05, 4.69) is 33.5 Å². The van der Waals surface area contributed by atoms with Gasteiger partial charge in [0.15, 0.2) is 0 Å². The molecule has 0 saturated heterocycles. The van der Waals surface area contributed by atoms with Gasteiger partial charge >= 0.3 is 0 Å². The molecule has 0 unspecified atom stereocenters. The lowest BCUT2D eigenvalue weighted by molar-refractivity contribution is 0.0997. The van der Waals surface area contributed by atoms with Crippen molar-refractivity contribution in [2.45, 2.75) is 85.4 Å². The number of ether oxygens (including phenoxy) is 1. The Hall–Kier alpha value is -4.17. The fourth-order valence-electron chi connectivity index (χ4n) is 6.18. The number of amides is 1. The topological polar surface area (TPSA) is 107 Å². The van der Waals surface area contributed by atoms with Crippen molar-refractivity contribution in [2.24, 2.45) is 11.7 Å². The Morgan fingerprint density at radius 3 is 2.33 bits per heavy atom. The molecule has 0 aliphatic heterocycles. The number of primary amides is 1. The summed E-state index contributed by atoms with van der Waals surface area (Å²) < 4.78 is 7.83. The van der Waals surface area contributed by atoms with Crippen LogP contribution in [0.5, 0.6) is 11.5 Å². The van der Waals surface area contributed by atoms with Crippen LogP contribution in [0.25, 0.3) is 22.6 Å². The van der Waals surface area contributed by atoms with E-state index in [0.29, 0.717) is 19.0 Å². The maximum atomic E-state index is 11.7. The minimum Gasteiger partial charge on any atom is -0.507 e. The molecule has 2 aromatic carbocycles. The minimum atomic E-state index is -0.629. The summed E-state index contributed by atoms with van der Waals surface area (Å²) in [5.41, 5.74) is 10.8. The number of aromatic hydroxyl groups is 1. The number of carbonyl (C=O) groups is 1. The highest BCUT2D eigenvalue weighted by Gasteiger charge is 2.25. The summed E-state index contributed by atoms with van der Waals surface area (Å²) in [4.78, 5) is 23.8. The zero-order valence-corrected chi connectivity index (χ0v) is 27.3. The Morgan fingerprint density at radius 2 is 1.71 bits per heavy atom. The molecule has 1 amide bonds. The highest BCUT2D eigenvalue weighted by molar-refractivity contribution is 5.95. The summed E-state index contributed by atoms with van der Waals surface area (Å²) in [5.74, 6) is 1.66. The van der Waals surface area contributed by atoms with Crippen LogP contribution in [0.1, 0.15) is 87.3 Å². The average molecular weight is 612 g/mol. The van der Waals surface area contributed by atoms with Crippen molar-refractivity contribution in [3.8, 4) is 34.1 Å². The Labute approximate surface area is 268 Å². The third-order valence-electron chi connectivity index (χ3n) is 8.46. The van der Waals surface area contributed by atoms with Crippen LogP contribution in [-0.2, 0) is 19.6 Å². The lowest BCUT2D eigenvalue weighted by atomic mass is 9.88. The van der Waals surface area contributed by atoms with Crippen molar-refractivity contribution in [3.63, 3.8) is 0 Å². The number of nitrogens with zero attached hydrogens (tertiary/aromatic N) is 4. The van der Waals surface area contributed by atoms with E-state index in [4.69, 9.17) is 15.5 Å². The number of hydrogen-bond acceptors (Lipinski definition) is 6. The number of phenols is 1. The molecule has 45 heavy (non-hydrogen) atoms. The largest absolute Gasteiger partial charge is 0.507 e. The first-order valence-electron chi connectivity index (χ1n) is 16.4. The van der Waals surface area contributed by atoms with Crippen LogP contribution < -0.4 is 10.5 Å². The van der Waals surface area contributed by atoms with E-state index < -0.39 is 5.91 Å². The van der Waals surface area contributed by atoms with Crippen molar-refractivity contribution in [2.75, 3.05) is 13.7 Å². The van der Waals surface area contributed by atoms with E-state index in [0.717, 1.165) is 59.9 Å². The number of unbranched alkanes of at least 4 members (excludes halogenated alkanes) is 1. The molecule has 240 valence electrons. The van der Waals surface area contributed by atoms with Crippen molar-refractivity contribution >= 4 is 5.91 Å². The Morgan fingerprint density at radius 1 is 1.00 bits per heavy atom. The summed E-state index contributed by atoms with van der Waals surface area (Å²) in [5, 5.41) is 10.5. The van der Waals surface area contributed by atoms with E-state index in [1.165, 1.54) is 37.8 Å². The summed E-state index contributed by atoms with van der Waals surface area (Å²) in [6.45, 7) is 9.35. The lowest BCUT2D eigenvalue weighted by Gasteiger charge is -2.30. The molecule has 4 aromatic rings. The number of imidazole rings is 1. The van der Waals surface area contributed by atoms with Crippen LogP contribution >= 0.6 is 0 Å². The number of hydrogen-bond donors (Lipinski definition) is 2.